The van der Waals surface area contributed by atoms with Crippen molar-refractivity contribution >= 4 is 0 Å². The second-order valence-corrected chi connectivity index (χ2v) is 5.02. The summed E-state index contributed by atoms with van der Waals surface area (Å²) in [6.45, 7) is 10.4. The minimum Gasteiger partial charge on any atom is -0.497 e. The van der Waals surface area contributed by atoms with Gasteiger partial charge in [-0.05, 0) is 26.0 Å². The summed E-state index contributed by atoms with van der Waals surface area (Å²) >= 11 is 0. The fourth-order valence-corrected chi connectivity index (χ4v) is 2.38. The Balaban J connectivity index is 2.34. The average Bonchev–Trinajstić information content (AvgIpc) is 2.50. The quantitative estimate of drug-likeness (QED) is 0.597. The number of rotatable bonds is 10. The van der Waals surface area contributed by atoms with Gasteiger partial charge in [0, 0.05) is 18.1 Å². The third kappa shape index (κ3) is 5.39. The number of nitrogens with one attached hydrogen (secondary N) is 1. The van der Waals surface area contributed by atoms with E-state index in [-0.39, 0.29) is 0 Å². The van der Waals surface area contributed by atoms with Gasteiger partial charge in [-0.3, -0.25) is 0 Å². The van der Waals surface area contributed by atoms with Gasteiger partial charge in [-0.1, -0.05) is 0 Å². The molecule has 4 nitrogen and oxygen atoms in total. The molecule has 0 unspecified atom stereocenters. The van der Waals surface area contributed by atoms with E-state index >= 15 is 0 Å². The second-order valence-electron chi connectivity index (χ2n) is 5.02. The predicted octanol–water partition coefficient (Wildman–Crippen LogP) is 0.0820. The highest BCUT2D eigenvalue weighted by atomic mass is 16.5. The number of ether oxygens (including phenoxy) is 2. The Morgan fingerprint density at radius 2 is 1.85 bits per heavy atom. The van der Waals surface area contributed by atoms with Gasteiger partial charge < -0.3 is 19.7 Å². The number of methoxy groups -OCH3 is 2. The fraction of sp³-hybridized carbons (Fsp3) is 0.625. The van der Waals surface area contributed by atoms with E-state index in [1.165, 1.54) is 38.2 Å². The maximum atomic E-state index is 5.41. The Kier molecular flexibility index (Phi) is 8.07. The van der Waals surface area contributed by atoms with Gasteiger partial charge in [0.05, 0.1) is 40.4 Å². The van der Waals surface area contributed by atoms with Crippen LogP contribution in [0.3, 0.4) is 0 Å². The summed E-state index contributed by atoms with van der Waals surface area (Å²) < 4.78 is 10.6. The lowest BCUT2D eigenvalue weighted by Gasteiger charge is -2.14. The molecule has 20 heavy (non-hydrogen) atoms. The number of hydrogen-bond donors (Lipinski definition) is 2. The van der Waals surface area contributed by atoms with Crippen LogP contribution in [0.1, 0.15) is 25.8 Å². The molecule has 0 aliphatic rings. The SMILES string of the molecule is CC[NH+](CC)CCC[NH2+]Cc1ccc(OC)cc1OC. The van der Waals surface area contributed by atoms with Crippen LogP contribution in [0, 0.1) is 0 Å². The first-order chi connectivity index (χ1) is 9.74. The van der Waals surface area contributed by atoms with Crippen LogP contribution in [0.4, 0.5) is 0 Å². The Bertz CT molecular complexity index is 379. The molecule has 0 aliphatic heterocycles. The van der Waals surface area contributed by atoms with E-state index in [1.54, 1.807) is 19.1 Å². The first-order valence-electron chi connectivity index (χ1n) is 7.61. The summed E-state index contributed by atoms with van der Waals surface area (Å²) in [6, 6.07) is 6.03. The third-order valence-corrected chi connectivity index (χ3v) is 3.80. The molecule has 0 saturated heterocycles. The smallest absolute Gasteiger partial charge is 0.131 e. The van der Waals surface area contributed by atoms with E-state index in [4.69, 9.17) is 9.47 Å². The number of quaternary nitrogens is 2. The molecule has 0 amide bonds. The van der Waals surface area contributed by atoms with Crippen molar-refractivity contribution in [1.29, 1.82) is 0 Å². The van der Waals surface area contributed by atoms with Gasteiger partial charge in [-0.15, -0.1) is 0 Å². The van der Waals surface area contributed by atoms with Crippen molar-refractivity contribution in [3.63, 3.8) is 0 Å². The van der Waals surface area contributed by atoms with Crippen LogP contribution < -0.4 is 19.7 Å². The van der Waals surface area contributed by atoms with Gasteiger partial charge in [-0.2, -0.15) is 0 Å². The first kappa shape index (κ1) is 16.8. The Hall–Kier alpha value is -1.26. The molecule has 0 bridgehead atoms. The van der Waals surface area contributed by atoms with Crippen LogP contribution in [0.25, 0.3) is 0 Å². The molecule has 1 rings (SSSR count). The zero-order chi connectivity index (χ0) is 14.8. The molecule has 4 heteroatoms. The van der Waals surface area contributed by atoms with Crippen molar-refractivity contribution in [2.24, 2.45) is 0 Å². The average molecular weight is 282 g/mol. The summed E-state index contributed by atoms with van der Waals surface area (Å²) in [5.41, 5.74) is 1.23. The molecular formula is C16H30N2O2+2. The van der Waals surface area contributed by atoms with Crippen LogP contribution in [0.15, 0.2) is 18.2 Å². The maximum Gasteiger partial charge on any atom is 0.131 e. The molecule has 3 N–H and O–H groups in total. The zero-order valence-corrected chi connectivity index (χ0v) is 13.4. The van der Waals surface area contributed by atoms with Gasteiger partial charge >= 0.3 is 0 Å². The third-order valence-electron chi connectivity index (χ3n) is 3.80. The topological polar surface area (TPSA) is 39.5 Å². The van der Waals surface area contributed by atoms with Crippen LogP contribution >= 0.6 is 0 Å². The lowest BCUT2D eigenvalue weighted by Crippen LogP contribution is -3.11. The summed E-state index contributed by atoms with van der Waals surface area (Å²) in [5.74, 6) is 1.76. The summed E-state index contributed by atoms with van der Waals surface area (Å²) in [5, 5.41) is 2.35. The fourth-order valence-electron chi connectivity index (χ4n) is 2.38. The lowest BCUT2D eigenvalue weighted by atomic mass is 10.2. The van der Waals surface area contributed by atoms with Crippen molar-refractivity contribution in [3.8, 4) is 11.5 Å². The molecule has 1 aromatic carbocycles. The predicted molar refractivity (Wildman–Crippen MR) is 81.6 cm³/mol. The minimum atomic E-state index is 0.843. The molecule has 0 atom stereocenters. The molecule has 1 aromatic rings. The van der Waals surface area contributed by atoms with Crippen LogP contribution in [0.2, 0.25) is 0 Å². The minimum absolute atomic E-state index is 0.843. The van der Waals surface area contributed by atoms with Crippen molar-refractivity contribution in [2.75, 3.05) is 40.4 Å². The standard InChI is InChI=1S/C16H28N2O2/c1-5-18(6-2)11-7-10-17-13-14-8-9-15(19-3)12-16(14)20-4/h8-9,12,17H,5-7,10-11,13H2,1-4H3/p+2. The highest BCUT2D eigenvalue weighted by Gasteiger charge is 2.07. The van der Waals surface area contributed by atoms with E-state index in [0.717, 1.165) is 18.0 Å². The molecule has 0 fully saturated rings. The largest absolute Gasteiger partial charge is 0.497 e. The Morgan fingerprint density at radius 1 is 1.10 bits per heavy atom. The van der Waals surface area contributed by atoms with E-state index in [2.05, 4.69) is 25.2 Å². The summed E-state index contributed by atoms with van der Waals surface area (Å²) in [6.07, 6.45) is 1.26. The van der Waals surface area contributed by atoms with Crippen molar-refractivity contribution < 1.29 is 19.7 Å². The van der Waals surface area contributed by atoms with E-state index in [9.17, 15) is 0 Å². The van der Waals surface area contributed by atoms with Gasteiger partial charge in [0.25, 0.3) is 0 Å². The van der Waals surface area contributed by atoms with Gasteiger partial charge in [-0.25, -0.2) is 0 Å². The van der Waals surface area contributed by atoms with Crippen molar-refractivity contribution in [3.05, 3.63) is 23.8 Å². The maximum absolute atomic E-state index is 5.41. The molecule has 0 heterocycles. The van der Waals surface area contributed by atoms with E-state index < -0.39 is 0 Å². The Morgan fingerprint density at radius 3 is 2.45 bits per heavy atom. The zero-order valence-electron chi connectivity index (χ0n) is 13.4. The van der Waals surface area contributed by atoms with Crippen molar-refractivity contribution in [1.82, 2.24) is 0 Å². The molecule has 0 radical (unpaired) electrons. The highest BCUT2D eigenvalue weighted by molar-refractivity contribution is 5.40. The van der Waals surface area contributed by atoms with Gasteiger partial charge in [0.15, 0.2) is 0 Å². The van der Waals surface area contributed by atoms with Crippen LogP contribution in [0.5, 0.6) is 11.5 Å². The molecule has 0 aliphatic carbocycles. The second kappa shape index (κ2) is 9.61. The van der Waals surface area contributed by atoms with Gasteiger partial charge in [0.1, 0.15) is 18.0 Å². The monoisotopic (exact) mass is 282 g/mol. The molecule has 0 saturated carbocycles. The van der Waals surface area contributed by atoms with Gasteiger partial charge in [0.2, 0.25) is 0 Å². The lowest BCUT2D eigenvalue weighted by molar-refractivity contribution is -0.898. The first-order valence-corrected chi connectivity index (χ1v) is 7.61. The van der Waals surface area contributed by atoms with E-state index in [0.29, 0.717) is 0 Å². The number of benzene rings is 1. The van der Waals surface area contributed by atoms with Crippen molar-refractivity contribution in [2.45, 2.75) is 26.8 Å². The number of hydrogen-bond acceptors (Lipinski definition) is 2. The highest BCUT2D eigenvalue weighted by Crippen LogP contribution is 2.23. The number of nitrogens with two attached hydrogens (primary N) is 1. The molecule has 0 spiro atoms. The van der Waals surface area contributed by atoms with Crippen LogP contribution in [-0.2, 0) is 6.54 Å². The normalized spacial score (nSPS) is 10.8. The summed E-state index contributed by atoms with van der Waals surface area (Å²) in [7, 11) is 3.39. The summed E-state index contributed by atoms with van der Waals surface area (Å²) in [4.78, 5) is 1.68. The molecule has 114 valence electrons. The molecular weight excluding hydrogens is 252 g/mol. The van der Waals surface area contributed by atoms with Crippen LogP contribution in [-0.4, -0.2) is 40.4 Å². The Labute approximate surface area is 123 Å². The van der Waals surface area contributed by atoms with E-state index in [1.807, 2.05) is 12.1 Å². The molecule has 0 aromatic heterocycles.